The lowest BCUT2D eigenvalue weighted by Gasteiger charge is -2.25. The molecular weight excluding hydrogens is 362 g/mol. The maximum absolute atomic E-state index is 2.47. The van der Waals surface area contributed by atoms with Gasteiger partial charge in [-0.1, -0.05) is 91.0 Å². The lowest BCUT2D eigenvalue weighted by atomic mass is 9.81. The second-order valence-corrected chi connectivity index (χ2v) is 8.49. The zero-order valence-corrected chi connectivity index (χ0v) is 17.7. The van der Waals surface area contributed by atoms with Crippen LogP contribution in [-0.4, -0.2) is 4.57 Å². The fourth-order valence-corrected chi connectivity index (χ4v) is 5.21. The largest absolute Gasteiger partial charge is 0.347 e. The second kappa shape index (κ2) is 8.36. The average Bonchev–Trinajstić information content (AvgIpc) is 3.12. The summed E-state index contributed by atoms with van der Waals surface area (Å²) in [6.45, 7) is 0. The Kier molecular flexibility index (Phi) is 5.27. The van der Waals surface area contributed by atoms with Crippen LogP contribution in [0.1, 0.15) is 53.5 Å². The van der Waals surface area contributed by atoms with E-state index in [2.05, 4.69) is 109 Å². The van der Waals surface area contributed by atoms with Crippen molar-refractivity contribution in [3.8, 4) is 0 Å². The van der Waals surface area contributed by atoms with E-state index in [9.17, 15) is 0 Å². The van der Waals surface area contributed by atoms with Crippen molar-refractivity contribution in [2.75, 3.05) is 0 Å². The molecule has 4 aromatic rings. The van der Waals surface area contributed by atoms with Crippen molar-refractivity contribution in [3.05, 3.63) is 119 Å². The first kappa shape index (κ1) is 18.9. The summed E-state index contributed by atoms with van der Waals surface area (Å²) in [6.07, 6.45) is 9.58. The molecular formula is C29H29N. The van der Waals surface area contributed by atoms with Crippen LogP contribution < -0.4 is 0 Å². The number of nitrogens with zero attached hydrogens (tertiary/aromatic N) is 1. The Morgan fingerprint density at radius 2 is 1.57 bits per heavy atom. The molecule has 0 amide bonds. The van der Waals surface area contributed by atoms with Crippen molar-refractivity contribution in [1.29, 1.82) is 0 Å². The summed E-state index contributed by atoms with van der Waals surface area (Å²) < 4.78 is 2.47. The molecule has 150 valence electrons. The van der Waals surface area contributed by atoms with E-state index in [1.807, 2.05) is 0 Å². The number of para-hydroxylation sites is 1. The zero-order valence-electron chi connectivity index (χ0n) is 17.7. The Hall–Kier alpha value is -3.06. The Labute approximate surface area is 179 Å². The molecule has 0 radical (unpaired) electrons. The van der Waals surface area contributed by atoms with Crippen molar-refractivity contribution < 1.29 is 0 Å². The highest BCUT2D eigenvalue weighted by Crippen LogP contribution is 2.42. The second-order valence-electron chi connectivity index (χ2n) is 8.49. The molecule has 3 aromatic carbocycles. The maximum atomic E-state index is 2.47. The van der Waals surface area contributed by atoms with Gasteiger partial charge in [-0.3, -0.25) is 0 Å². The van der Waals surface area contributed by atoms with Crippen molar-refractivity contribution in [1.82, 2.24) is 4.57 Å². The van der Waals surface area contributed by atoms with E-state index in [0.29, 0.717) is 11.8 Å². The SMILES string of the molecule is Cn1c([C@@H](Cc2ccccc2)c2ccccc2)c([C@@H]2C=CCCC2)c2ccccc21. The van der Waals surface area contributed by atoms with Gasteiger partial charge in [0, 0.05) is 35.5 Å². The summed E-state index contributed by atoms with van der Waals surface area (Å²) in [4.78, 5) is 0. The van der Waals surface area contributed by atoms with Gasteiger partial charge in [-0.2, -0.15) is 0 Å². The molecule has 1 aliphatic rings. The van der Waals surface area contributed by atoms with Gasteiger partial charge in [0.05, 0.1) is 0 Å². The van der Waals surface area contributed by atoms with E-state index in [1.165, 1.54) is 52.5 Å². The Morgan fingerprint density at radius 3 is 2.30 bits per heavy atom. The highest BCUT2D eigenvalue weighted by Gasteiger charge is 2.28. The maximum Gasteiger partial charge on any atom is 0.0483 e. The van der Waals surface area contributed by atoms with E-state index in [4.69, 9.17) is 0 Å². The third-order valence-electron chi connectivity index (χ3n) is 6.63. The van der Waals surface area contributed by atoms with Crippen molar-refractivity contribution in [2.24, 2.45) is 7.05 Å². The molecule has 1 aliphatic carbocycles. The van der Waals surface area contributed by atoms with E-state index >= 15 is 0 Å². The van der Waals surface area contributed by atoms with Crippen LogP contribution in [0.15, 0.2) is 97.1 Å². The number of aromatic nitrogens is 1. The number of allylic oxidation sites excluding steroid dienone is 2. The molecule has 0 unspecified atom stereocenters. The van der Waals surface area contributed by atoms with Crippen LogP contribution in [-0.2, 0) is 13.5 Å². The summed E-state index contributed by atoms with van der Waals surface area (Å²) in [6, 6.07) is 31.0. The molecule has 5 rings (SSSR count). The molecule has 0 N–H and O–H groups in total. The third-order valence-corrected chi connectivity index (χ3v) is 6.63. The molecule has 30 heavy (non-hydrogen) atoms. The lowest BCUT2D eigenvalue weighted by molar-refractivity contribution is 0.634. The number of benzene rings is 3. The van der Waals surface area contributed by atoms with Crippen LogP contribution in [0.25, 0.3) is 10.9 Å². The van der Waals surface area contributed by atoms with Crippen molar-refractivity contribution >= 4 is 10.9 Å². The molecule has 0 fully saturated rings. The highest BCUT2D eigenvalue weighted by atomic mass is 15.0. The van der Waals surface area contributed by atoms with Crippen LogP contribution in [0.5, 0.6) is 0 Å². The summed E-state index contributed by atoms with van der Waals surface area (Å²) in [5.41, 5.74) is 7.14. The van der Waals surface area contributed by atoms with Gasteiger partial charge in [0.2, 0.25) is 0 Å². The van der Waals surface area contributed by atoms with Crippen LogP contribution in [0.3, 0.4) is 0 Å². The van der Waals surface area contributed by atoms with Gasteiger partial charge in [0.25, 0.3) is 0 Å². The van der Waals surface area contributed by atoms with Gasteiger partial charge in [0.1, 0.15) is 0 Å². The number of rotatable bonds is 5. The molecule has 0 aliphatic heterocycles. The monoisotopic (exact) mass is 391 g/mol. The van der Waals surface area contributed by atoms with Gasteiger partial charge in [-0.25, -0.2) is 0 Å². The minimum absolute atomic E-state index is 0.330. The first-order chi connectivity index (χ1) is 14.8. The standard InChI is InChI=1S/C29H29N/c1-30-27-20-12-11-19-25(27)28(24-17-9-4-10-18-24)29(30)26(23-15-7-3-8-16-23)21-22-13-5-2-6-14-22/h2-3,5-9,11-17,19-20,24,26H,4,10,18,21H2,1H3/t24-,26+/m1/s1. The fraction of sp³-hybridized carbons (Fsp3) is 0.241. The van der Waals surface area contributed by atoms with Crippen LogP contribution in [0.4, 0.5) is 0 Å². The van der Waals surface area contributed by atoms with Gasteiger partial charge in [-0.05, 0) is 48.4 Å². The molecule has 0 spiro atoms. The lowest BCUT2D eigenvalue weighted by Crippen LogP contribution is -2.14. The van der Waals surface area contributed by atoms with Crippen LogP contribution in [0, 0.1) is 0 Å². The van der Waals surface area contributed by atoms with Gasteiger partial charge in [-0.15, -0.1) is 0 Å². The van der Waals surface area contributed by atoms with Crippen molar-refractivity contribution in [3.63, 3.8) is 0 Å². The zero-order chi connectivity index (χ0) is 20.3. The number of aryl methyl sites for hydroxylation is 1. The molecule has 0 saturated heterocycles. The average molecular weight is 392 g/mol. The Morgan fingerprint density at radius 1 is 0.867 bits per heavy atom. The van der Waals surface area contributed by atoms with E-state index in [0.717, 1.165) is 6.42 Å². The molecule has 1 heteroatoms. The predicted molar refractivity (Wildman–Crippen MR) is 127 cm³/mol. The van der Waals surface area contributed by atoms with E-state index in [-0.39, 0.29) is 0 Å². The smallest absolute Gasteiger partial charge is 0.0483 e. The van der Waals surface area contributed by atoms with E-state index < -0.39 is 0 Å². The first-order valence-electron chi connectivity index (χ1n) is 11.2. The van der Waals surface area contributed by atoms with Gasteiger partial charge < -0.3 is 4.57 Å². The summed E-state index contributed by atoms with van der Waals surface area (Å²) in [7, 11) is 2.26. The molecule has 1 aromatic heterocycles. The van der Waals surface area contributed by atoms with Crippen molar-refractivity contribution in [2.45, 2.75) is 37.5 Å². The minimum atomic E-state index is 0.330. The number of fused-ring (bicyclic) bond motifs is 1. The molecule has 1 nitrogen and oxygen atoms in total. The summed E-state index contributed by atoms with van der Waals surface area (Å²) in [5.74, 6) is 0.832. The fourth-order valence-electron chi connectivity index (χ4n) is 5.21. The number of hydrogen-bond acceptors (Lipinski definition) is 0. The first-order valence-corrected chi connectivity index (χ1v) is 11.2. The third kappa shape index (κ3) is 3.50. The summed E-state index contributed by atoms with van der Waals surface area (Å²) in [5, 5.41) is 1.42. The summed E-state index contributed by atoms with van der Waals surface area (Å²) >= 11 is 0. The highest BCUT2D eigenvalue weighted by molar-refractivity contribution is 5.87. The molecule has 2 atom stereocenters. The quantitative estimate of drug-likeness (QED) is 0.313. The molecule has 0 bridgehead atoms. The normalized spacial score (nSPS) is 17.3. The topological polar surface area (TPSA) is 4.93 Å². The molecule has 0 saturated carbocycles. The van der Waals surface area contributed by atoms with Gasteiger partial charge >= 0.3 is 0 Å². The van der Waals surface area contributed by atoms with E-state index in [1.54, 1.807) is 0 Å². The Bertz CT molecular complexity index is 1150. The van der Waals surface area contributed by atoms with Gasteiger partial charge in [0.15, 0.2) is 0 Å². The predicted octanol–water partition coefficient (Wildman–Crippen LogP) is 7.38. The van der Waals surface area contributed by atoms with Crippen LogP contribution in [0.2, 0.25) is 0 Å². The molecule has 1 heterocycles. The van der Waals surface area contributed by atoms with Crippen LogP contribution >= 0.6 is 0 Å². The minimum Gasteiger partial charge on any atom is -0.347 e. The number of hydrogen-bond donors (Lipinski definition) is 0. The Balaban J connectivity index is 1.74.